The molecule has 4 heteroatoms. The molecule has 0 atom stereocenters. The van der Waals surface area contributed by atoms with Gasteiger partial charge < -0.3 is 14.9 Å². The lowest BCUT2D eigenvalue weighted by Gasteiger charge is -2.07. The summed E-state index contributed by atoms with van der Waals surface area (Å²) in [7, 11) is 0. The highest BCUT2D eigenvalue weighted by Crippen LogP contribution is 2.26. The first-order valence-electron chi connectivity index (χ1n) is 8.00. The fourth-order valence-corrected chi connectivity index (χ4v) is 3.13. The number of hydrogen-bond donors (Lipinski definition) is 2. The number of aromatic nitrogens is 2. The van der Waals surface area contributed by atoms with E-state index in [4.69, 9.17) is 0 Å². The summed E-state index contributed by atoms with van der Waals surface area (Å²) < 4.78 is 2.06. The van der Waals surface area contributed by atoms with E-state index in [9.17, 15) is 4.79 Å². The Morgan fingerprint density at radius 2 is 1.91 bits per heavy atom. The van der Waals surface area contributed by atoms with Gasteiger partial charge >= 0.3 is 0 Å². The van der Waals surface area contributed by atoms with Gasteiger partial charge in [0, 0.05) is 42.1 Å². The molecule has 120 valence electrons. The number of nitrogens with one attached hydrogen (secondary N) is 2. The lowest BCUT2D eigenvalue weighted by Crippen LogP contribution is -2.28. The standard InChI is InChI=1S/C19H23N3O/c1-13-10-14(2)19-17(11-13)16(15(3)21-19)12-18(23)20-6-9-22-7-4-5-8-22/h4-5,7-8,10-11,21H,6,9,12H2,1-3H3,(H,20,23). The minimum atomic E-state index is 0.0697. The number of carbonyl (C=O) groups excluding carboxylic acids is 1. The molecule has 0 aliphatic carbocycles. The summed E-state index contributed by atoms with van der Waals surface area (Å²) in [6, 6.07) is 8.30. The third-order valence-electron chi connectivity index (χ3n) is 4.27. The molecule has 2 N–H and O–H groups in total. The molecule has 0 bridgehead atoms. The van der Waals surface area contributed by atoms with Crippen molar-refractivity contribution in [1.29, 1.82) is 0 Å². The second-order valence-electron chi connectivity index (χ2n) is 6.18. The topological polar surface area (TPSA) is 49.8 Å². The summed E-state index contributed by atoms with van der Waals surface area (Å²) in [5, 5.41) is 4.17. The Bertz CT molecular complexity index is 828. The molecule has 2 aromatic heterocycles. The molecule has 3 aromatic rings. The third-order valence-corrected chi connectivity index (χ3v) is 4.27. The quantitative estimate of drug-likeness (QED) is 0.747. The molecule has 2 heterocycles. The smallest absolute Gasteiger partial charge is 0.224 e. The van der Waals surface area contributed by atoms with Crippen molar-refractivity contribution in [2.75, 3.05) is 6.54 Å². The molecule has 0 spiro atoms. The van der Waals surface area contributed by atoms with Crippen molar-refractivity contribution in [3.63, 3.8) is 0 Å². The van der Waals surface area contributed by atoms with Gasteiger partial charge in [0.1, 0.15) is 0 Å². The highest BCUT2D eigenvalue weighted by atomic mass is 16.1. The van der Waals surface area contributed by atoms with Gasteiger partial charge in [0.15, 0.2) is 0 Å². The zero-order valence-corrected chi connectivity index (χ0v) is 13.9. The van der Waals surface area contributed by atoms with Crippen LogP contribution in [0.3, 0.4) is 0 Å². The molecular formula is C19H23N3O. The van der Waals surface area contributed by atoms with Gasteiger partial charge in [-0.25, -0.2) is 0 Å². The molecule has 0 fully saturated rings. The van der Waals surface area contributed by atoms with Gasteiger partial charge in [0.05, 0.1) is 6.42 Å². The van der Waals surface area contributed by atoms with Crippen molar-refractivity contribution < 1.29 is 4.79 Å². The molecule has 0 aliphatic heterocycles. The Labute approximate surface area is 136 Å². The van der Waals surface area contributed by atoms with Gasteiger partial charge in [0.2, 0.25) is 5.91 Å². The number of amides is 1. The van der Waals surface area contributed by atoms with Crippen LogP contribution in [0, 0.1) is 20.8 Å². The van der Waals surface area contributed by atoms with Crippen LogP contribution in [0.5, 0.6) is 0 Å². The summed E-state index contributed by atoms with van der Waals surface area (Å²) >= 11 is 0. The first kappa shape index (κ1) is 15.4. The van der Waals surface area contributed by atoms with Crippen LogP contribution >= 0.6 is 0 Å². The fraction of sp³-hybridized carbons (Fsp3) is 0.316. The summed E-state index contributed by atoms with van der Waals surface area (Å²) in [4.78, 5) is 15.7. The van der Waals surface area contributed by atoms with E-state index in [1.807, 2.05) is 31.5 Å². The second-order valence-corrected chi connectivity index (χ2v) is 6.18. The van der Waals surface area contributed by atoms with Crippen molar-refractivity contribution >= 4 is 16.8 Å². The monoisotopic (exact) mass is 309 g/mol. The van der Waals surface area contributed by atoms with E-state index in [1.54, 1.807) is 0 Å². The van der Waals surface area contributed by atoms with E-state index in [0.717, 1.165) is 23.3 Å². The highest BCUT2D eigenvalue weighted by molar-refractivity contribution is 5.92. The van der Waals surface area contributed by atoms with Crippen molar-refractivity contribution in [2.45, 2.75) is 33.7 Å². The van der Waals surface area contributed by atoms with Gasteiger partial charge in [-0.1, -0.05) is 11.6 Å². The second kappa shape index (κ2) is 6.32. The SMILES string of the molecule is Cc1cc(C)c2[nH]c(C)c(CC(=O)NCCn3cccc3)c2c1. The Morgan fingerprint density at radius 3 is 2.65 bits per heavy atom. The molecular weight excluding hydrogens is 286 g/mol. The molecule has 1 aromatic carbocycles. The molecule has 0 saturated heterocycles. The normalized spacial score (nSPS) is 11.1. The fourth-order valence-electron chi connectivity index (χ4n) is 3.13. The van der Waals surface area contributed by atoms with Crippen molar-refractivity contribution in [2.24, 2.45) is 0 Å². The third kappa shape index (κ3) is 3.31. The molecule has 0 saturated carbocycles. The average molecular weight is 309 g/mol. The maximum atomic E-state index is 12.3. The van der Waals surface area contributed by atoms with E-state index < -0.39 is 0 Å². The van der Waals surface area contributed by atoms with Crippen LogP contribution in [0.1, 0.15) is 22.4 Å². The molecule has 0 unspecified atom stereocenters. The molecule has 0 radical (unpaired) electrons. The van der Waals surface area contributed by atoms with Crippen molar-refractivity contribution in [1.82, 2.24) is 14.9 Å². The predicted octanol–water partition coefficient (Wildman–Crippen LogP) is 3.25. The number of nitrogens with zero attached hydrogens (tertiary/aromatic N) is 1. The first-order valence-corrected chi connectivity index (χ1v) is 8.00. The van der Waals surface area contributed by atoms with Gasteiger partial charge in [-0.15, -0.1) is 0 Å². The van der Waals surface area contributed by atoms with Crippen LogP contribution in [-0.2, 0) is 17.8 Å². The molecule has 23 heavy (non-hydrogen) atoms. The first-order chi connectivity index (χ1) is 11.0. The zero-order chi connectivity index (χ0) is 16.4. The maximum absolute atomic E-state index is 12.3. The van der Waals surface area contributed by atoms with Gasteiger partial charge in [-0.2, -0.15) is 0 Å². The van der Waals surface area contributed by atoms with Crippen molar-refractivity contribution in [3.05, 3.63) is 59.0 Å². The number of carbonyl (C=O) groups is 1. The zero-order valence-electron chi connectivity index (χ0n) is 13.9. The summed E-state index contributed by atoms with van der Waals surface area (Å²) in [6.07, 6.45) is 4.42. The number of fused-ring (bicyclic) bond motifs is 1. The lowest BCUT2D eigenvalue weighted by molar-refractivity contribution is -0.120. The van der Waals surface area contributed by atoms with Crippen LogP contribution < -0.4 is 5.32 Å². The summed E-state index contributed by atoms with van der Waals surface area (Å²) in [5.74, 6) is 0.0697. The van der Waals surface area contributed by atoms with Crippen LogP contribution in [0.25, 0.3) is 10.9 Å². The number of H-pyrrole nitrogens is 1. The van der Waals surface area contributed by atoms with E-state index in [-0.39, 0.29) is 5.91 Å². The lowest BCUT2D eigenvalue weighted by atomic mass is 10.0. The molecule has 0 aliphatic rings. The molecule has 4 nitrogen and oxygen atoms in total. The van der Waals surface area contributed by atoms with Gasteiger partial charge in [-0.3, -0.25) is 4.79 Å². The largest absolute Gasteiger partial charge is 0.358 e. The van der Waals surface area contributed by atoms with E-state index in [0.29, 0.717) is 13.0 Å². The maximum Gasteiger partial charge on any atom is 0.224 e. The Balaban J connectivity index is 1.70. The van der Waals surface area contributed by atoms with Gasteiger partial charge in [0.25, 0.3) is 0 Å². The number of hydrogen-bond acceptors (Lipinski definition) is 1. The minimum Gasteiger partial charge on any atom is -0.358 e. The van der Waals surface area contributed by atoms with E-state index in [2.05, 4.69) is 40.8 Å². The van der Waals surface area contributed by atoms with Crippen LogP contribution in [0.15, 0.2) is 36.7 Å². The predicted molar refractivity (Wildman–Crippen MR) is 93.7 cm³/mol. The summed E-state index contributed by atoms with van der Waals surface area (Å²) in [5.41, 5.74) is 5.77. The van der Waals surface area contributed by atoms with Crippen LogP contribution in [0.4, 0.5) is 0 Å². The van der Waals surface area contributed by atoms with E-state index >= 15 is 0 Å². The minimum absolute atomic E-state index is 0.0697. The average Bonchev–Trinajstić information content (AvgIpc) is 3.10. The van der Waals surface area contributed by atoms with Gasteiger partial charge in [-0.05, 0) is 50.1 Å². The number of rotatable bonds is 5. The van der Waals surface area contributed by atoms with Crippen LogP contribution in [0.2, 0.25) is 0 Å². The number of benzene rings is 1. The molecule has 3 rings (SSSR count). The Morgan fingerprint density at radius 1 is 1.17 bits per heavy atom. The highest BCUT2D eigenvalue weighted by Gasteiger charge is 2.14. The number of aromatic amines is 1. The Hall–Kier alpha value is -2.49. The summed E-state index contributed by atoms with van der Waals surface area (Å²) in [6.45, 7) is 7.68. The van der Waals surface area contributed by atoms with E-state index in [1.165, 1.54) is 16.5 Å². The Kier molecular flexibility index (Phi) is 4.24. The number of aryl methyl sites for hydroxylation is 3. The van der Waals surface area contributed by atoms with Crippen molar-refractivity contribution in [3.8, 4) is 0 Å². The molecule has 1 amide bonds. The van der Waals surface area contributed by atoms with Crippen LogP contribution in [-0.4, -0.2) is 22.0 Å².